The predicted octanol–water partition coefficient (Wildman–Crippen LogP) is 0.807. The minimum atomic E-state index is -3.71. The van der Waals surface area contributed by atoms with E-state index in [9.17, 15) is 13.2 Å². The van der Waals surface area contributed by atoms with E-state index in [1.54, 1.807) is 18.3 Å². The highest BCUT2D eigenvalue weighted by Crippen LogP contribution is 2.11. The molecular weight excluding hydrogens is 278 g/mol. The maximum absolute atomic E-state index is 12.1. The number of nitrogens with one attached hydrogen (secondary N) is 2. The van der Waals surface area contributed by atoms with Crippen molar-refractivity contribution < 1.29 is 13.2 Å². The van der Waals surface area contributed by atoms with E-state index in [4.69, 9.17) is 0 Å². The summed E-state index contributed by atoms with van der Waals surface area (Å²) in [4.78, 5) is 17.8. The second kappa shape index (κ2) is 5.98. The van der Waals surface area contributed by atoms with E-state index >= 15 is 0 Å². The van der Waals surface area contributed by atoms with Gasteiger partial charge in [-0.1, -0.05) is 17.7 Å². The van der Waals surface area contributed by atoms with Gasteiger partial charge in [-0.15, -0.1) is 0 Å². The van der Waals surface area contributed by atoms with Gasteiger partial charge in [-0.2, -0.15) is 0 Å². The van der Waals surface area contributed by atoms with Gasteiger partial charge in [-0.25, -0.2) is 18.1 Å². The average Bonchev–Trinajstić information content (AvgIpc) is 2.91. The van der Waals surface area contributed by atoms with Gasteiger partial charge < -0.3 is 9.78 Å². The Morgan fingerprint density at radius 3 is 2.60 bits per heavy atom. The number of rotatable bonds is 6. The van der Waals surface area contributed by atoms with Crippen LogP contribution < -0.4 is 4.72 Å². The Kier molecular flexibility index (Phi) is 4.31. The Labute approximate surface area is 117 Å². The Bertz CT molecular complexity index is 663. The molecule has 2 rings (SSSR count). The first-order valence-electron chi connectivity index (χ1n) is 6.03. The third-order valence-corrected chi connectivity index (χ3v) is 4.30. The van der Waals surface area contributed by atoms with Crippen LogP contribution in [0.4, 0.5) is 0 Å². The van der Waals surface area contributed by atoms with E-state index in [-0.39, 0.29) is 11.3 Å². The summed E-state index contributed by atoms with van der Waals surface area (Å²) in [6.07, 6.45) is 3.84. The second-order valence-corrected chi connectivity index (χ2v) is 6.17. The summed E-state index contributed by atoms with van der Waals surface area (Å²) in [5, 5.41) is 0. The van der Waals surface area contributed by atoms with Crippen molar-refractivity contribution in [3.63, 3.8) is 0 Å². The maximum Gasteiger partial charge on any atom is 0.241 e. The summed E-state index contributed by atoms with van der Waals surface area (Å²) in [7, 11) is -3.71. The predicted molar refractivity (Wildman–Crippen MR) is 73.6 cm³/mol. The van der Waals surface area contributed by atoms with E-state index in [2.05, 4.69) is 14.7 Å². The number of aromatic nitrogens is 2. The number of H-pyrrole nitrogens is 1. The van der Waals surface area contributed by atoms with Crippen molar-refractivity contribution in [2.24, 2.45) is 0 Å². The highest BCUT2D eigenvalue weighted by atomic mass is 32.2. The molecule has 0 aliphatic carbocycles. The summed E-state index contributed by atoms with van der Waals surface area (Å²) >= 11 is 0. The van der Waals surface area contributed by atoms with Gasteiger partial charge in [-0.3, -0.25) is 0 Å². The van der Waals surface area contributed by atoms with Gasteiger partial charge in [0.15, 0.2) is 0 Å². The van der Waals surface area contributed by atoms with E-state index in [1.165, 1.54) is 18.5 Å². The largest absolute Gasteiger partial charge is 0.348 e. The fraction of sp³-hybridized carbons (Fsp3) is 0.231. The number of aromatic amines is 1. The zero-order valence-corrected chi connectivity index (χ0v) is 11.7. The Morgan fingerprint density at radius 1 is 1.35 bits per heavy atom. The smallest absolute Gasteiger partial charge is 0.241 e. The number of carbonyl (C=O) groups excluding carboxylic acids is 1. The lowest BCUT2D eigenvalue weighted by atomic mass is 10.2. The molecule has 6 nitrogen and oxygen atoms in total. The standard InChI is InChI=1S/C13H15N3O3S/c1-10-2-4-13(5-3-10)20(18,19)16-12(8-17)6-11-7-14-9-15-11/h2-5,7-9,12,16H,6H2,1H3,(H,14,15)/t12-/m0/s1. The number of aldehydes is 1. The molecule has 0 unspecified atom stereocenters. The van der Waals surface area contributed by atoms with Crippen molar-refractivity contribution in [2.75, 3.05) is 0 Å². The van der Waals surface area contributed by atoms with Crippen LogP contribution >= 0.6 is 0 Å². The highest BCUT2D eigenvalue weighted by Gasteiger charge is 2.20. The number of sulfonamides is 1. The van der Waals surface area contributed by atoms with Crippen molar-refractivity contribution in [2.45, 2.75) is 24.3 Å². The third kappa shape index (κ3) is 3.52. The number of carbonyl (C=O) groups is 1. The molecule has 0 fully saturated rings. The lowest BCUT2D eigenvalue weighted by molar-refractivity contribution is -0.109. The molecule has 20 heavy (non-hydrogen) atoms. The van der Waals surface area contributed by atoms with Crippen LogP contribution in [-0.2, 0) is 21.2 Å². The van der Waals surface area contributed by atoms with E-state index in [1.807, 2.05) is 6.92 Å². The molecule has 0 aliphatic heterocycles. The first kappa shape index (κ1) is 14.4. The first-order chi connectivity index (χ1) is 9.51. The molecule has 1 aromatic heterocycles. The number of imidazole rings is 1. The topological polar surface area (TPSA) is 91.9 Å². The summed E-state index contributed by atoms with van der Waals surface area (Å²) < 4.78 is 26.7. The van der Waals surface area contributed by atoms with Gasteiger partial charge in [0.25, 0.3) is 0 Å². The van der Waals surface area contributed by atoms with E-state index in [0.29, 0.717) is 12.0 Å². The molecule has 1 heterocycles. The van der Waals surface area contributed by atoms with Gasteiger partial charge >= 0.3 is 0 Å². The van der Waals surface area contributed by atoms with Crippen LogP contribution in [0, 0.1) is 6.92 Å². The molecule has 1 atom stereocenters. The summed E-state index contributed by atoms with van der Waals surface area (Å²) in [6, 6.07) is 5.60. The maximum atomic E-state index is 12.1. The molecule has 0 aliphatic rings. The summed E-state index contributed by atoms with van der Waals surface area (Å²) in [6.45, 7) is 1.87. The monoisotopic (exact) mass is 293 g/mol. The number of nitrogens with zero attached hydrogens (tertiary/aromatic N) is 1. The highest BCUT2D eigenvalue weighted by molar-refractivity contribution is 7.89. The van der Waals surface area contributed by atoms with Crippen molar-refractivity contribution >= 4 is 16.3 Å². The van der Waals surface area contributed by atoms with Crippen LogP contribution in [0.1, 0.15) is 11.3 Å². The van der Waals surface area contributed by atoms with Gasteiger partial charge in [0.1, 0.15) is 6.29 Å². The normalized spacial score (nSPS) is 13.1. The fourth-order valence-corrected chi connectivity index (χ4v) is 2.90. The van der Waals surface area contributed by atoms with Crippen molar-refractivity contribution in [1.82, 2.24) is 14.7 Å². The minimum absolute atomic E-state index is 0.138. The molecule has 2 aromatic rings. The number of hydrogen-bond acceptors (Lipinski definition) is 4. The second-order valence-electron chi connectivity index (χ2n) is 4.46. The molecule has 0 spiro atoms. The SMILES string of the molecule is Cc1ccc(S(=O)(=O)N[C@H](C=O)Cc2cnc[nH]2)cc1. The Hall–Kier alpha value is -1.99. The molecule has 0 amide bonds. The number of benzene rings is 1. The minimum Gasteiger partial charge on any atom is -0.348 e. The third-order valence-electron chi connectivity index (χ3n) is 2.80. The lowest BCUT2D eigenvalue weighted by Crippen LogP contribution is -2.37. The molecule has 0 bridgehead atoms. The van der Waals surface area contributed by atoms with Gasteiger partial charge in [-0.05, 0) is 19.1 Å². The first-order valence-corrected chi connectivity index (χ1v) is 7.51. The molecule has 0 radical (unpaired) electrons. The van der Waals surface area contributed by atoms with Gasteiger partial charge in [0.2, 0.25) is 10.0 Å². The van der Waals surface area contributed by atoms with Gasteiger partial charge in [0.05, 0.1) is 17.3 Å². The van der Waals surface area contributed by atoms with Crippen LogP contribution in [-0.4, -0.2) is 30.7 Å². The van der Waals surface area contributed by atoms with Crippen molar-refractivity contribution in [3.8, 4) is 0 Å². The van der Waals surface area contributed by atoms with Crippen LogP contribution in [0.15, 0.2) is 41.7 Å². The number of hydrogen-bond donors (Lipinski definition) is 2. The lowest BCUT2D eigenvalue weighted by Gasteiger charge is -2.12. The Balaban J connectivity index is 2.13. The fourth-order valence-electron chi connectivity index (χ4n) is 1.74. The summed E-state index contributed by atoms with van der Waals surface area (Å²) in [5.74, 6) is 0. The quantitative estimate of drug-likeness (QED) is 0.771. The van der Waals surface area contributed by atoms with Crippen molar-refractivity contribution in [1.29, 1.82) is 0 Å². The van der Waals surface area contributed by atoms with Crippen LogP contribution in [0.3, 0.4) is 0 Å². The van der Waals surface area contributed by atoms with Crippen LogP contribution in [0.2, 0.25) is 0 Å². The van der Waals surface area contributed by atoms with Crippen LogP contribution in [0.5, 0.6) is 0 Å². The summed E-state index contributed by atoms with van der Waals surface area (Å²) in [5.41, 5.74) is 1.65. The van der Waals surface area contributed by atoms with Gasteiger partial charge in [0, 0.05) is 18.3 Å². The molecule has 0 saturated carbocycles. The molecule has 7 heteroatoms. The molecule has 0 saturated heterocycles. The zero-order chi connectivity index (χ0) is 14.6. The molecule has 1 aromatic carbocycles. The molecular formula is C13H15N3O3S. The molecule has 2 N–H and O–H groups in total. The van der Waals surface area contributed by atoms with Crippen molar-refractivity contribution in [3.05, 3.63) is 48.0 Å². The Morgan fingerprint density at radius 2 is 2.05 bits per heavy atom. The average molecular weight is 293 g/mol. The van der Waals surface area contributed by atoms with E-state index < -0.39 is 16.1 Å². The number of aryl methyl sites for hydroxylation is 1. The van der Waals surface area contributed by atoms with Crippen LogP contribution in [0.25, 0.3) is 0 Å². The zero-order valence-electron chi connectivity index (χ0n) is 10.9. The van der Waals surface area contributed by atoms with E-state index in [0.717, 1.165) is 5.56 Å². The molecule has 106 valence electrons.